The molecule has 1 saturated carbocycles. The highest BCUT2D eigenvalue weighted by Crippen LogP contribution is 2.19. The highest BCUT2D eigenvalue weighted by molar-refractivity contribution is 6.30. The Morgan fingerprint density at radius 2 is 2.11 bits per heavy atom. The third-order valence-corrected chi connectivity index (χ3v) is 3.36. The number of anilines is 1. The minimum absolute atomic E-state index is 0.155. The van der Waals surface area contributed by atoms with E-state index in [0.29, 0.717) is 10.7 Å². The van der Waals surface area contributed by atoms with Gasteiger partial charge in [-0.25, -0.2) is 4.79 Å². The summed E-state index contributed by atoms with van der Waals surface area (Å²) in [7, 11) is 0. The third kappa shape index (κ3) is 3.62. The van der Waals surface area contributed by atoms with E-state index in [-0.39, 0.29) is 12.1 Å². The largest absolute Gasteiger partial charge is 0.391 e. The van der Waals surface area contributed by atoms with Gasteiger partial charge in [0, 0.05) is 10.7 Å². The standard InChI is InChI=1S/C13H17ClN2O2/c14-9-4-3-5-10(8-9)15-13(18)16-11-6-1-2-7-12(11)17/h3-5,8,11-12,17H,1-2,6-7H2,(H2,15,16,18)/t11-,12-/m0/s1. The number of hydrogen-bond acceptors (Lipinski definition) is 2. The number of halogens is 1. The average Bonchev–Trinajstić information content (AvgIpc) is 2.32. The second kappa shape index (κ2) is 6.07. The molecule has 1 aromatic carbocycles. The minimum atomic E-state index is -0.441. The first-order chi connectivity index (χ1) is 8.65. The van der Waals surface area contributed by atoms with Crippen LogP contribution in [0.4, 0.5) is 10.5 Å². The molecule has 2 atom stereocenters. The van der Waals surface area contributed by atoms with Crippen LogP contribution in [0.2, 0.25) is 5.02 Å². The number of benzene rings is 1. The van der Waals surface area contributed by atoms with Gasteiger partial charge in [0.05, 0.1) is 12.1 Å². The molecule has 0 aliphatic heterocycles. The predicted octanol–water partition coefficient (Wildman–Crippen LogP) is 2.77. The lowest BCUT2D eigenvalue weighted by atomic mass is 9.93. The first kappa shape index (κ1) is 13.2. The van der Waals surface area contributed by atoms with E-state index in [4.69, 9.17) is 11.6 Å². The van der Waals surface area contributed by atoms with Gasteiger partial charge in [0.2, 0.25) is 0 Å². The van der Waals surface area contributed by atoms with Crippen molar-refractivity contribution < 1.29 is 9.90 Å². The molecule has 2 amide bonds. The van der Waals surface area contributed by atoms with Gasteiger partial charge in [0.25, 0.3) is 0 Å². The van der Waals surface area contributed by atoms with Crippen LogP contribution in [0.1, 0.15) is 25.7 Å². The van der Waals surface area contributed by atoms with Crippen molar-refractivity contribution in [2.75, 3.05) is 5.32 Å². The molecule has 0 unspecified atom stereocenters. The summed E-state index contributed by atoms with van der Waals surface area (Å²) in [6.45, 7) is 0. The van der Waals surface area contributed by atoms with Crippen molar-refractivity contribution in [1.29, 1.82) is 0 Å². The van der Waals surface area contributed by atoms with Crippen molar-refractivity contribution in [2.24, 2.45) is 0 Å². The molecular weight excluding hydrogens is 252 g/mol. The van der Waals surface area contributed by atoms with E-state index in [1.807, 2.05) is 0 Å². The van der Waals surface area contributed by atoms with Crippen LogP contribution in [0.25, 0.3) is 0 Å². The number of carbonyl (C=O) groups excluding carboxylic acids is 1. The number of amides is 2. The van der Waals surface area contributed by atoms with Gasteiger partial charge >= 0.3 is 6.03 Å². The summed E-state index contributed by atoms with van der Waals surface area (Å²) in [5.41, 5.74) is 0.644. The zero-order valence-electron chi connectivity index (χ0n) is 10.0. The molecule has 0 aromatic heterocycles. The fourth-order valence-electron chi connectivity index (χ4n) is 2.18. The fraction of sp³-hybridized carbons (Fsp3) is 0.462. The smallest absolute Gasteiger partial charge is 0.319 e. The number of rotatable bonds is 2. The second-order valence-corrected chi connectivity index (χ2v) is 5.00. The van der Waals surface area contributed by atoms with Crippen LogP contribution in [0.15, 0.2) is 24.3 Å². The summed E-state index contributed by atoms with van der Waals surface area (Å²) in [5, 5.41) is 15.8. The molecule has 0 spiro atoms. The second-order valence-electron chi connectivity index (χ2n) is 4.57. The fourth-order valence-corrected chi connectivity index (χ4v) is 2.37. The topological polar surface area (TPSA) is 61.4 Å². The van der Waals surface area contributed by atoms with Crippen molar-refractivity contribution >= 4 is 23.3 Å². The van der Waals surface area contributed by atoms with Crippen molar-refractivity contribution in [3.63, 3.8) is 0 Å². The van der Waals surface area contributed by atoms with Gasteiger partial charge < -0.3 is 15.7 Å². The zero-order chi connectivity index (χ0) is 13.0. The monoisotopic (exact) mass is 268 g/mol. The van der Waals surface area contributed by atoms with Crippen LogP contribution >= 0.6 is 11.6 Å². The molecule has 1 fully saturated rings. The van der Waals surface area contributed by atoms with Crippen molar-refractivity contribution in [3.8, 4) is 0 Å². The Labute approximate surface area is 111 Å². The molecule has 98 valence electrons. The minimum Gasteiger partial charge on any atom is -0.391 e. The molecule has 18 heavy (non-hydrogen) atoms. The van der Waals surface area contributed by atoms with E-state index < -0.39 is 6.10 Å². The van der Waals surface area contributed by atoms with E-state index >= 15 is 0 Å². The summed E-state index contributed by atoms with van der Waals surface area (Å²) in [5.74, 6) is 0. The van der Waals surface area contributed by atoms with E-state index in [9.17, 15) is 9.90 Å². The van der Waals surface area contributed by atoms with Gasteiger partial charge in [-0.15, -0.1) is 0 Å². The zero-order valence-corrected chi connectivity index (χ0v) is 10.8. The molecule has 0 heterocycles. The number of carbonyl (C=O) groups is 1. The SMILES string of the molecule is O=C(Nc1cccc(Cl)c1)N[C@H]1CCCC[C@@H]1O. The van der Waals surface area contributed by atoms with Crippen LogP contribution < -0.4 is 10.6 Å². The summed E-state index contributed by atoms with van der Waals surface area (Å²) in [6.07, 6.45) is 3.20. The molecule has 4 nitrogen and oxygen atoms in total. The Hall–Kier alpha value is -1.26. The van der Waals surface area contributed by atoms with Crippen LogP contribution in [0.3, 0.4) is 0 Å². The van der Waals surface area contributed by atoms with Crippen molar-refractivity contribution in [3.05, 3.63) is 29.3 Å². The highest BCUT2D eigenvalue weighted by Gasteiger charge is 2.24. The summed E-state index contributed by atoms with van der Waals surface area (Å²) in [6, 6.07) is 6.51. The number of nitrogens with one attached hydrogen (secondary N) is 2. The van der Waals surface area contributed by atoms with Crippen LogP contribution in [-0.4, -0.2) is 23.3 Å². The number of aliphatic hydroxyl groups excluding tert-OH is 1. The Bertz CT molecular complexity index is 425. The molecule has 0 radical (unpaired) electrons. The molecule has 0 bridgehead atoms. The normalized spacial score (nSPS) is 23.4. The van der Waals surface area contributed by atoms with Crippen molar-refractivity contribution in [2.45, 2.75) is 37.8 Å². The maximum Gasteiger partial charge on any atom is 0.319 e. The molecular formula is C13H17ClN2O2. The maximum absolute atomic E-state index is 11.8. The number of aliphatic hydroxyl groups is 1. The summed E-state index contributed by atoms with van der Waals surface area (Å²) in [4.78, 5) is 11.8. The van der Waals surface area contributed by atoms with E-state index in [1.54, 1.807) is 24.3 Å². The molecule has 1 aromatic rings. The Morgan fingerprint density at radius 1 is 1.33 bits per heavy atom. The van der Waals surface area contributed by atoms with Gasteiger partial charge in [-0.1, -0.05) is 30.5 Å². The third-order valence-electron chi connectivity index (χ3n) is 3.13. The first-order valence-electron chi connectivity index (χ1n) is 6.16. The molecule has 5 heteroatoms. The van der Waals surface area contributed by atoms with E-state index in [2.05, 4.69) is 10.6 Å². The van der Waals surface area contributed by atoms with Gasteiger partial charge in [0.1, 0.15) is 0 Å². The predicted molar refractivity (Wildman–Crippen MR) is 71.9 cm³/mol. The summed E-state index contributed by atoms with van der Waals surface area (Å²) < 4.78 is 0. The van der Waals surface area contributed by atoms with Crippen LogP contribution in [-0.2, 0) is 0 Å². The van der Waals surface area contributed by atoms with Gasteiger partial charge in [-0.2, -0.15) is 0 Å². The molecule has 1 aliphatic carbocycles. The van der Waals surface area contributed by atoms with E-state index in [0.717, 1.165) is 25.7 Å². The molecule has 3 N–H and O–H groups in total. The first-order valence-corrected chi connectivity index (χ1v) is 6.54. The molecule has 1 aliphatic rings. The molecule has 0 saturated heterocycles. The van der Waals surface area contributed by atoms with E-state index in [1.165, 1.54) is 0 Å². The van der Waals surface area contributed by atoms with Gasteiger partial charge in [-0.3, -0.25) is 0 Å². The molecule has 2 rings (SSSR count). The van der Waals surface area contributed by atoms with Crippen molar-refractivity contribution in [1.82, 2.24) is 5.32 Å². The number of hydrogen-bond donors (Lipinski definition) is 3. The van der Waals surface area contributed by atoms with Gasteiger partial charge in [0.15, 0.2) is 0 Å². The Balaban J connectivity index is 1.88. The van der Waals surface area contributed by atoms with Crippen LogP contribution in [0, 0.1) is 0 Å². The Morgan fingerprint density at radius 3 is 2.83 bits per heavy atom. The van der Waals surface area contributed by atoms with Gasteiger partial charge in [-0.05, 0) is 31.0 Å². The number of urea groups is 1. The Kier molecular flexibility index (Phi) is 4.44. The quantitative estimate of drug-likeness (QED) is 0.772. The lowest BCUT2D eigenvalue weighted by Gasteiger charge is -2.28. The van der Waals surface area contributed by atoms with Crippen LogP contribution in [0.5, 0.6) is 0 Å². The lowest BCUT2D eigenvalue weighted by molar-refractivity contribution is 0.0955. The lowest BCUT2D eigenvalue weighted by Crippen LogP contribution is -2.46. The highest BCUT2D eigenvalue weighted by atomic mass is 35.5. The maximum atomic E-state index is 11.8. The summed E-state index contributed by atoms with van der Waals surface area (Å²) >= 11 is 5.83. The average molecular weight is 269 g/mol.